The smallest absolute Gasteiger partial charge is 0.368 e. The van der Waals surface area contributed by atoms with E-state index in [1.807, 2.05) is 0 Å². The first kappa shape index (κ1) is 13.1. The largest absolute Gasteiger partial charge is 0.416 e. The van der Waals surface area contributed by atoms with E-state index in [1.165, 1.54) is 6.07 Å². The van der Waals surface area contributed by atoms with Crippen molar-refractivity contribution in [2.24, 2.45) is 0 Å². The third kappa shape index (κ3) is 2.29. The highest BCUT2D eigenvalue weighted by atomic mass is 19.4. The van der Waals surface area contributed by atoms with Crippen molar-refractivity contribution in [2.75, 3.05) is 12.3 Å². The van der Waals surface area contributed by atoms with Crippen LogP contribution in [0.25, 0.3) is 10.9 Å². The maximum absolute atomic E-state index is 12.8. The topological polar surface area (TPSA) is 63.8 Å². The predicted octanol–water partition coefficient (Wildman–Crippen LogP) is 2.66. The normalized spacial score (nSPS) is 19.6. The van der Waals surface area contributed by atoms with Gasteiger partial charge in [-0.2, -0.15) is 13.2 Å². The van der Waals surface area contributed by atoms with Gasteiger partial charge in [-0.05, 0) is 37.6 Å². The molecule has 0 amide bonds. The molecule has 3 N–H and O–H groups in total. The molecule has 2 heterocycles. The first-order valence-electron chi connectivity index (χ1n) is 6.33. The molecule has 1 aliphatic rings. The predicted molar refractivity (Wildman–Crippen MR) is 68.9 cm³/mol. The second-order valence-corrected chi connectivity index (χ2v) is 4.85. The van der Waals surface area contributed by atoms with E-state index in [1.54, 1.807) is 0 Å². The molecule has 1 aromatic heterocycles. The van der Waals surface area contributed by atoms with Crippen LogP contribution >= 0.6 is 0 Å². The lowest BCUT2D eigenvalue weighted by molar-refractivity contribution is -0.137. The highest BCUT2D eigenvalue weighted by molar-refractivity contribution is 5.83. The van der Waals surface area contributed by atoms with Gasteiger partial charge in [-0.25, -0.2) is 9.97 Å². The Labute approximate surface area is 113 Å². The molecule has 1 aromatic carbocycles. The lowest BCUT2D eigenvalue weighted by Crippen LogP contribution is -2.16. The van der Waals surface area contributed by atoms with Crippen LogP contribution in [0, 0.1) is 0 Å². The first-order chi connectivity index (χ1) is 9.45. The maximum Gasteiger partial charge on any atom is 0.416 e. The summed E-state index contributed by atoms with van der Waals surface area (Å²) in [5.74, 6) is 0.0842. The molecule has 1 saturated heterocycles. The Bertz CT molecular complexity index is 648. The van der Waals surface area contributed by atoms with Crippen LogP contribution in [0.15, 0.2) is 18.2 Å². The van der Waals surface area contributed by atoms with E-state index in [0.29, 0.717) is 16.6 Å². The van der Waals surface area contributed by atoms with Gasteiger partial charge in [0.05, 0.1) is 22.8 Å². The van der Waals surface area contributed by atoms with E-state index >= 15 is 0 Å². The Kier molecular flexibility index (Phi) is 3.01. The average molecular weight is 282 g/mol. The van der Waals surface area contributed by atoms with Crippen LogP contribution in [-0.2, 0) is 6.18 Å². The standard InChI is InChI=1S/C13H13F3N4/c14-13(15,16)7-3-4-9-8(6-7)11(20-12(17)19-9)10-2-1-5-18-10/h3-4,6,10,18H,1-2,5H2,(H2,17,19,20). The number of aromatic nitrogens is 2. The molecular formula is C13H13F3N4. The summed E-state index contributed by atoms with van der Waals surface area (Å²) in [6.45, 7) is 0.828. The minimum atomic E-state index is -4.38. The maximum atomic E-state index is 12.8. The first-order valence-corrected chi connectivity index (χ1v) is 6.33. The Morgan fingerprint density at radius 1 is 1.25 bits per heavy atom. The van der Waals surface area contributed by atoms with Crippen LogP contribution in [0.1, 0.15) is 30.1 Å². The van der Waals surface area contributed by atoms with Crippen molar-refractivity contribution in [3.63, 3.8) is 0 Å². The van der Waals surface area contributed by atoms with Gasteiger partial charge in [0, 0.05) is 5.39 Å². The monoisotopic (exact) mass is 282 g/mol. The van der Waals surface area contributed by atoms with Gasteiger partial charge in [-0.1, -0.05) is 0 Å². The third-order valence-corrected chi connectivity index (χ3v) is 3.46. The van der Waals surface area contributed by atoms with Crippen molar-refractivity contribution >= 4 is 16.9 Å². The van der Waals surface area contributed by atoms with Gasteiger partial charge < -0.3 is 11.1 Å². The van der Waals surface area contributed by atoms with Crippen molar-refractivity contribution in [3.8, 4) is 0 Å². The van der Waals surface area contributed by atoms with Gasteiger partial charge in [0.15, 0.2) is 0 Å². The number of rotatable bonds is 1. The summed E-state index contributed by atoms with van der Waals surface area (Å²) < 4.78 is 38.5. The molecule has 7 heteroatoms. The highest BCUT2D eigenvalue weighted by Crippen LogP contribution is 2.34. The van der Waals surface area contributed by atoms with Gasteiger partial charge in [0.25, 0.3) is 0 Å². The Morgan fingerprint density at radius 2 is 2.05 bits per heavy atom. The second-order valence-electron chi connectivity index (χ2n) is 4.85. The van der Waals surface area contributed by atoms with Crippen LogP contribution in [0.3, 0.4) is 0 Å². The zero-order chi connectivity index (χ0) is 14.3. The van der Waals surface area contributed by atoms with Gasteiger partial charge >= 0.3 is 6.18 Å². The molecule has 0 saturated carbocycles. The van der Waals surface area contributed by atoms with Crippen molar-refractivity contribution in [2.45, 2.75) is 25.1 Å². The van der Waals surface area contributed by atoms with Gasteiger partial charge in [-0.3, -0.25) is 0 Å². The number of fused-ring (bicyclic) bond motifs is 1. The van der Waals surface area contributed by atoms with Crippen LogP contribution < -0.4 is 11.1 Å². The molecule has 4 nitrogen and oxygen atoms in total. The minimum absolute atomic E-state index is 0.0636. The van der Waals surface area contributed by atoms with E-state index in [9.17, 15) is 13.2 Å². The minimum Gasteiger partial charge on any atom is -0.368 e. The summed E-state index contributed by atoms with van der Waals surface area (Å²) in [5, 5.41) is 3.63. The number of nitrogens with zero attached hydrogens (tertiary/aromatic N) is 2. The summed E-state index contributed by atoms with van der Waals surface area (Å²) in [7, 11) is 0. The molecule has 2 aromatic rings. The van der Waals surface area contributed by atoms with E-state index in [-0.39, 0.29) is 12.0 Å². The van der Waals surface area contributed by atoms with Crippen molar-refractivity contribution in [3.05, 3.63) is 29.5 Å². The highest BCUT2D eigenvalue weighted by Gasteiger charge is 2.31. The fourth-order valence-electron chi connectivity index (χ4n) is 2.53. The summed E-state index contributed by atoms with van der Waals surface area (Å²) >= 11 is 0. The number of hydrogen-bond donors (Lipinski definition) is 2. The number of nitrogen functional groups attached to an aromatic ring is 1. The van der Waals surface area contributed by atoms with Gasteiger partial charge in [-0.15, -0.1) is 0 Å². The molecule has 20 heavy (non-hydrogen) atoms. The van der Waals surface area contributed by atoms with E-state index in [4.69, 9.17) is 5.73 Å². The molecule has 0 spiro atoms. The fraction of sp³-hybridized carbons (Fsp3) is 0.385. The number of hydrogen-bond acceptors (Lipinski definition) is 4. The van der Waals surface area contributed by atoms with Crippen LogP contribution in [-0.4, -0.2) is 16.5 Å². The van der Waals surface area contributed by atoms with Crippen molar-refractivity contribution in [1.82, 2.24) is 15.3 Å². The van der Waals surface area contributed by atoms with Crippen LogP contribution in [0.5, 0.6) is 0 Å². The molecule has 0 bridgehead atoms. The molecule has 0 aliphatic carbocycles. The Hall–Kier alpha value is -1.89. The summed E-state index contributed by atoms with van der Waals surface area (Å²) in [4.78, 5) is 8.15. The number of benzene rings is 1. The zero-order valence-corrected chi connectivity index (χ0v) is 10.5. The quantitative estimate of drug-likeness (QED) is 0.844. The molecule has 3 rings (SSSR count). The van der Waals surface area contributed by atoms with Crippen LogP contribution in [0.4, 0.5) is 19.1 Å². The van der Waals surface area contributed by atoms with Crippen molar-refractivity contribution in [1.29, 1.82) is 0 Å². The zero-order valence-electron chi connectivity index (χ0n) is 10.5. The molecule has 1 unspecified atom stereocenters. The molecule has 1 aliphatic heterocycles. The van der Waals surface area contributed by atoms with Crippen LogP contribution in [0.2, 0.25) is 0 Å². The molecule has 1 fully saturated rings. The Morgan fingerprint density at radius 3 is 2.70 bits per heavy atom. The number of nitrogens with one attached hydrogen (secondary N) is 1. The van der Waals surface area contributed by atoms with Gasteiger partial charge in [0.1, 0.15) is 0 Å². The van der Waals surface area contributed by atoms with E-state index in [2.05, 4.69) is 15.3 Å². The second kappa shape index (κ2) is 4.59. The number of anilines is 1. The number of nitrogens with two attached hydrogens (primary N) is 1. The molecule has 0 radical (unpaired) electrons. The summed E-state index contributed by atoms with van der Waals surface area (Å²) in [5.41, 5.74) is 5.94. The lowest BCUT2D eigenvalue weighted by Gasteiger charge is -2.14. The Balaban J connectivity index is 2.20. The number of halogens is 3. The molecular weight excluding hydrogens is 269 g/mol. The fourth-order valence-corrected chi connectivity index (χ4v) is 2.53. The molecule has 1 atom stereocenters. The third-order valence-electron chi connectivity index (χ3n) is 3.46. The van der Waals surface area contributed by atoms with E-state index in [0.717, 1.165) is 31.5 Å². The van der Waals surface area contributed by atoms with Crippen molar-refractivity contribution < 1.29 is 13.2 Å². The summed E-state index contributed by atoms with van der Waals surface area (Å²) in [6, 6.07) is 3.39. The lowest BCUT2D eigenvalue weighted by atomic mass is 10.0. The van der Waals surface area contributed by atoms with Gasteiger partial charge in [0.2, 0.25) is 5.95 Å². The summed E-state index contributed by atoms with van der Waals surface area (Å²) in [6.07, 6.45) is -2.58. The SMILES string of the molecule is Nc1nc(C2CCCN2)c2cc(C(F)(F)F)ccc2n1. The molecule has 106 valence electrons. The van der Waals surface area contributed by atoms with E-state index < -0.39 is 11.7 Å². The average Bonchev–Trinajstić information content (AvgIpc) is 2.89. The number of alkyl halides is 3.